The van der Waals surface area contributed by atoms with E-state index in [4.69, 9.17) is 16.0 Å². The molecule has 4 aromatic rings. The van der Waals surface area contributed by atoms with Crippen LogP contribution in [0.15, 0.2) is 81.6 Å². The number of nitrogens with zero attached hydrogens (tertiary/aromatic N) is 3. The van der Waals surface area contributed by atoms with Crippen molar-refractivity contribution in [3.8, 4) is 11.3 Å². The number of imidazole rings is 1. The Labute approximate surface area is 183 Å². The molecule has 152 valence electrons. The molecule has 1 N–H and O–H groups in total. The highest BCUT2D eigenvalue weighted by molar-refractivity contribution is 7.99. The zero-order valence-corrected chi connectivity index (χ0v) is 17.8. The molecule has 0 saturated carbocycles. The smallest absolute Gasteiger partial charge is 0.224 e. The molecule has 2 aromatic carbocycles. The number of rotatable bonds is 7. The molecule has 0 bridgehead atoms. The topological polar surface area (TPSA) is 73.0 Å². The summed E-state index contributed by atoms with van der Waals surface area (Å²) in [5.41, 5.74) is 1.64. The quantitative estimate of drug-likeness (QED) is 0.415. The molecule has 0 spiro atoms. The van der Waals surface area contributed by atoms with Gasteiger partial charge in [-0.05, 0) is 48.5 Å². The third-order valence-electron chi connectivity index (χ3n) is 4.37. The SMILES string of the molecule is Cn1ccnc1Sc1ccc(NC(=O)CCc2ncc(-c3ccc(Cl)cc3)o2)cc1. The largest absolute Gasteiger partial charge is 0.441 e. The number of aryl methyl sites for hydroxylation is 2. The highest BCUT2D eigenvalue weighted by Crippen LogP contribution is 2.27. The Morgan fingerprint density at radius 3 is 2.60 bits per heavy atom. The molecule has 0 unspecified atom stereocenters. The van der Waals surface area contributed by atoms with E-state index in [2.05, 4.69) is 15.3 Å². The summed E-state index contributed by atoms with van der Waals surface area (Å²) in [4.78, 5) is 21.9. The van der Waals surface area contributed by atoms with Crippen molar-refractivity contribution in [1.82, 2.24) is 14.5 Å². The van der Waals surface area contributed by atoms with Crippen LogP contribution < -0.4 is 5.32 Å². The second kappa shape index (κ2) is 9.19. The number of hydrogen-bond donors (Lipinski definition) is 1. The van der Waals surface area contributed by atoms with Gasteiger partial charge in [0, 0.05) is 53.5 Å². The molecule has 0 atom stereocenters. The molecule has 0 fully saturated rings. The molecule has 0 aliphatic rings. The first kappa shape index (κ1) is 20.3. The van der Waals surface area contributed by atoms with Gasteiger partial charge in [-0.1, -0.05) is 23.4 Å². The number of oxazole rings is 1. The Balaban J connectivity index is 1.29. The summed E-state index contributed by atoms with van der Waals surface area (Å²) < 4.78 is 7.70. The lowest BCUT2D eigenvalue weighted by Gasteiger charge is -2.06. The molecule has 1 amide bonds. The van der Waals surface area contributed by atoms with Crippen LogP contribution in [0.5, 0.6) is 0 Å². The molecule has 0 aliphatic carbocycles. The van der Waals surface area contributed by atoms with Crippen molar-refractivity contribution in [3.05, 3.63) is 78.0 Å². The van der Waals surface area contributed by atoms with Crippen LogP contribution in [0.1, 0.15) is 12.3 Å². The van der Waals surface area contributed by atoms with Gasteiger partial charge in [0.2, 0.25) is 5.91 Å². The van der Waals surface area contributed by atoms with Crippen LogP contribution in [0.4, 0.5) is 5.69 Å². The fourth-order valence-electron chi connectivity index (χ4n) is 2.78. The number of carbonyl (C=O) groups is 1. The van der Waals surface area contributed by atoms with Crippen LogP contribution in [-0.2, 0) is 18.3 Å². The molecule has 8 heteroatoms. The number of aromatic nitrogens is 3. The van der Waals surface area contributed by atoms with Gasteiger partial charge in [-0.25, -0.2) is 9.97 Å². The van der Waals surface area contributed by atoms with Crippen molar-refractivity contribution >= 4 is 35.0 Å². The van der Waals surface area contributed by atoms with Crippen LogP contribution in [-0.4, -0.2) is 20.4 Å². The van der Waals surface area contributed by atoms with E-state index in [1.54, 1.807) is 36.3 Å². The summed E-state index contributed by atoms with van der Waals surface area (Å²) >= 11 is 7.47. The molecular formula is C22H19ClN4O2S. The lowest BCUT2D eigenvalue weighted by Crippen LogP contribution is -2.12. The zero-order valence-electron chi connectivity index (χ0n) is 16.2. The van der Waals surface area contributed by atoms with Crippen molar-refractivity contribution in [3.63, 3.8) is 0 Å². The first-order valence-corrected chi connectivity index (χ1v) is 10.5. The standard InChI is InChI=1S/C22H19ClN4O2S/c1-27-13-12-24-22(27)30-18-8-6-17(7-9-18)26-20(28)10-11-21-25-14-19(29-21)15-2-4-16(23)5-3-15/h2-9,12-14H,10-11H2,1H3,(H,26,28). The number of nitrogens with one attached hydrogen (secondary N) is 1. The molecule has 6 nitrogen and oxygen atoms in total. The summed E-state index contributed by atoms with van der Waals surface area (Å²) in [6, 6.07) is 15.0. The van der Waals surface area contributed by atoms with Crippen LogP contribution in [0.2, 0.25) is 5.02 Å². The Kier molecular flexibility index (Phi) is 6.21. The molecule has 2 heterocycles. The number of hydrogen-bond acceptors (Lipinski definition) is 5. The molecule has 30 heavy (non-hydrogen) atoms. The monoisotopic (exact) mass is 438 g/mol. The van der Waals surface area contributed by atoms with Gasteiger partial charge in [-0.2, -0.15) is 0 Å². The van der Waals surface area contributed by atoms with Gasteiger partial charge < -0.3 is 14.3 Å². The number of amides is 1. The average Bonchev–Trinajstić information content (AvgIpc) is 3.38. The maximum absolute atomic E-state index is 12.3. The summed E-state index contributed by atoms with van der Waals surface area (Å²) in [5.74, 6) is 1.09. The fourth-order valence-corrected chi connectivity index (χ4v) is 3.71. The Morgan fingerprint density at radius 1 is 1.13 bits per heavy atom. The van der Waals surface area contributed by atoms with Gasteiger partial charge in [0.05, 0.1) is 6.20 Å². The second-order valence-electron chi connectivity index (χ2n) is 6.62. The predicted octanol–water partition coefficient (Wildman–Crippen LogP) is 5.45. The fraction of sp³-hybridized carbons (Fsp3) is 0.136. The van der Waals surface area contributed by atoms with Crippen LogP contribution in [0, 0.1) is 0 Å². The van der Waals surface area contributed by atoms with E-state index in [0.717, 1.165) is 21.3 Å². The van der Waals surface area contributed by atoms with Crippen molar-refractivity contribution in [2.45, 2.75) is 22.9 Å². The van der Waals surface area contributed by atoms with E-state index < -0.39 is 0 Å². The third kappa shape index (κ3) is 5.11. The minimum absolute atomic E-state index is 0.0919. The minimum Gasteiger partial charge on any atom is -0.441 e. The molecule has 0 aliphatic heterocycles. The average molecular weight is 439 g/mol. The molecule has 0 saturated heterocycles. The molecular weight excluding hydrogens is 420 g/mol. The molecule has 2 aromatic heterocycles. The van der Waals surface area contributed by atoms with Crippen LogP contribution >= 0.6 is 23.4 Å². The van der Waals surface area contributed by atoms with Crippen molar-refractivity contribution < 1.29 is 9.21 Å². The van der Waals surface area contributed by atoms with Gasteiger partial charge in [0.25, 0.3) is 0 Å². The van der Waals surface area contributed by atoms with Gasteiger partial charge in [0.15, 0.2) is 16.8 Å². The van der Waals surface area contributed by atoms with Gasteiger partial charge in [0.1, 0.15) is 0 Å². The Morgan fingerprint density at radius 2 is 1.90 bits per heavy atom. The predicted molar refractivity (Wildman–Crippen MR) is 118 cm³/mol. The summed E-state index contributed by atoms with van der Waals surface area (Å²) in [6.45, 7) is 0. The Bertz CT molecular complexity index is 1140. The maximum Gasteiger partial charge on any atom is 0.224 e. The lowest BCUT2D eigenvalue weighted by molar-refractivity contribution is -0.116. The van der Waals surface area contributed by atoms with E-state index in [-0.39, 0.29) is 12.3 Å². The second-order valence-corrected chi connectivity index (χ2v) is 8.10. The normalized spacial score (nSPS) is 10.9. The first-order chi connectivity index (χ1) is 14.6. The van der Waals surface area contributed by atoms with E-state index >= 15 is 0 Å². The van der Waals surface area contributed by atoms with Crippen molar-refractivity contribution in [1.29, 1.82) is 0 Å². The van der Waals surface area contributed by atoms with Crippen LogP contribution in [0.3, 0.4) is 0 Å². The number of halogens is 1. The van der Waals surface area contributed by atoms with Gasteiger partial charge in [-0.3, -0.25) is 4.79 Å². The Hall–Kier alpha value is -3.03. The van der Waals surface area contributed by atoms with E-state index in [9.17, 15) is 4.79 Å². The first-order valence-electron chi connectivity index (χ1n) is 9.32. The number of anilines is 1. The molecule has 4 rings (SSSR count). The van der Waals surface area contributed by atoms with E-state index in [1.165, 1.54) is 0 Å². The number of benzene rings is 2. The summed E-state index contributed by atoms with van der Waals surface area (Å²) in [6.07, 6.45) is 6.04. The minimum atomic E-state index is -0.0919. The number of carbonyl (C=O) groups excluding carboxylic acids is 1. The maximum atomic E-state index is 12.3. The third-order valence-corrected chi connectivity index (χ3v) is 5.71. The van der Waals surface area contributed by atoms with Crippen molar-refractivity contribution in [2.75, 3.05) is 5.32 Å². The van der Waals surface area contributed by atoms with Crippen molar-refractivity contribution in [2.24, 2.45) is 7.05 Å². The van der Waals surface area contributed by atoms with Gasteiger partial charge in [-0.15, -0.1) is 0 Å². The highest BCUT2D eigenvalue weighted by Gasteiger charge is 2.10. The van der Waals surface area contributed by atoms with Gasteiger partial charge >= 0.3 is 0 Å². The summed E-state index contributed by atoms with van der Waals surface area (Å²) in [7, 11) is 1.95. The highest BCUT2D eigenvalue weighted by atomic mass is 35.5. The van der Waals surface area contributed by atoms with Crippen LogP contribution in [0.25, 0.3) is 11.3 Å². The van der Waals surface area contributed by atoms with E-state index in [0.29, 0.717) is 23.1 Å². The zero-order chi connectivity index (χ0) is 20.9. The van der Waals surface area contributed by atoms with E-state index in [1.807, 2.05) is 54.2 Å². The molecule has 0 radical (unpaired) electrons. The summed E-state index contributed by atoms with van der Waals surface area (Å²) in [5, 5.41) is 4.48. The lowest BCUT2D eigenvalue weighted by atomic mass is 10.2.